The third-order valence-corrected chi connectivity index (χ3v) is 3.98. The van der Waals surface area contributed by atoms with E-state index in [0.717, 1.165) is 0 Å². The molecule has 0 unspecified atom stereocenters. The summed E-state index contributed by atoms with van der Waals surface area (Å²) in [5, 5.41) is 3.07. The van der Waals surface area contributed by atoms with E-state index in [1.807, 2.05) is 6.92 Å². The minimum atomic E-state index is -3.86. The lowest BCUT2D eigenvalue weighted by Gasteiger charge is -2.11. The van der Waals surface area contributed by atoms with Gasteiger partial charge in [-0.15, -0.1) is 0 Å². The average molecular weight is 313 g/mol. The van der Waals surface area contributed by atoms with Gasteiger partial charge >= 0.3 is 0 Å². The summed E-state index contributed by atoms with van der Waals surface area (Å²) >= 11 is 5.89. The topological polar surface area (TPSA) is 84.0 Å². The molecule has 0 saturated carbocycles. The van der Waals surface area contributed by atoms with Crippen LogP contribution in [0, 0.1) is 0 Å². The molecule has 2 N–H and O–H groups in total. The first-order valence-corrected chi connectivity index (χ1v) is 7.73. The number of rotatable bonds is 5. The number of hydrogen-bond donors (Lipinski definition) is 2. The molecule has 106 valence electrons. The third-order valence-electron chi connectivity index (χ3n) is 2.38. The summed E-state index contributed by atoms with van der Waals surface area (Å²) in [6, 6.07) is 6.47. The van der Waals surface area contributed by atoms with Gasteiger partial charge in [-0.3, -0.25) is 4.72 Å². The minimum absolute atomic E-state index is 0.0715. The molecule has 0 radical (unpaired) electrons. The predicted molar refractivity (Wildman–Crippen MR) is 78.5 cm³/mol. The van der Waals surface area contributed by atoms with E-state index in [1.54, 1.807) is 24.3 Å². The zero-order valence-electron chi connectivity index (χ0n) is 10.7. The molecule has 2 aromatic rings. The van der Waals surface area contributed by atoms with E-state index in [-0.39, 0.29) is 15.9 Å². The Kier molecular flexibility index (Phi) is 4.41. The van der Waals surface area contributed by atoms with Crippen LogP contribution < -0.4 is 10.0 Å². The predicted octanol–water partition coefficient (Wildman–Crippen LogP) is 2.36. The van der Waals surface area contributed by atoms with Crippen LogP contribution in [0.25, 0.3) is 0 Å². The fourth-order valence-electron chi connectivity index (χ4n) is 1.57. The zero-order valence-corrected chi connectivity index (χ0v) is 12.2. The highest BCUT2D eigenvalue weighted by molar-refractivity contribution is 7.92. The average Bonchev–Trinajstić information content (AvgIpc) is 2.42. The van der Waals surface area contributed by atoms with Crippen molar-refractivity contribution in [2.75, 3.05) is 16.6 Å². The van der Waals surface area contributed by atoms with E-state index in [1.165, 1.54) is 12.4 Å². The lowest BCUT2D eigenvalue weighted by molar-refractivity contribution is 0.598. The van der Waals surface area contributed by atoms with Crippen molar-refractivity contribution < 1.29 is 8.42 Å². The second kappa shape index (κ2) is 6.06. The SMILES string of the molecule is CCNc1cccnc1S(=O)(=O)Nc1ncccc1Cl. The molecule has 8 heteroatoms. The number of hydrogen-bond acceptors (Lipinski definition) is 5. The normalized spacial score (nSPS) is 11.1. The van der Waals surface area contributed by atoms with Crippen molar-refractivity contribution in [3.63, 3.8) is 0 Å². The molecule has 0 spiro atoms. The molecule has 2 heterocycles. The smallest absolute Gasteiger partial charge is 0.282 e. The molecule has 0 aliphatic rings. The van der Waals surface area contributed by atoms with E-state index >= 15 is 0 Å². The van der Waals surface area contributed by atoms with Gasteiger partial charge in [0.05, 0.1) is 10.7 Å². The van der Waals surface area contributed by atoms with Crippen LogP contribution in [0.4, 0.5) is 11.5 Å². The summed E-state index contributed by atoms with van der Waals surface area (Å²) in [6.07, 6.45) is 2.86. The second-order valence-corrected chi connectivity index (χ2v) is 5.83. The maximum atomic E-state index is 12.3. The van der Waals surface area contributed by atoms with Crippen LogP contribution in [-0.4, -0.2) is 24.9 Å². The van der Waals surface area contributed by atoms with Crippen molar-refractivity contribution in [2.45, 2.75) is 11.9 Å². The van der Waals surface area contributed by atoms with Crippen LogP contribution >= 0.6 is 11.6 Å². The molecule has 20 heavy (non-hydrogen) atoms. The molecule has 0 atom stereocenters. The van der Waals surface area contributed by atoms with Gasteiger partial charge in [-0.05, 0) is 31.2 Å². The Bertz CT molecular complexity index is 706. The van der Waals surface area contributed by atoms with Crippen LogP contribution in [0.2, 0.25) is 5.02 Å². The van der Waals surface area contributed by atoms with Gasteiger partial charge in [0.2, 0.25) is 0 Å². The molecule has 0 aliphatic heterocycles. The summed E-state index contributed by atoms with van der Waals surface area (Å²) in [7, 11) is -3.86. The fourth-order valence-corrected chi connectivity index (χ4v) is 2.93. The summed E-state index contributed by atoms with van der Waals surface area (Å²) in [5.41, 5.74) is 0.426. The number of pyridine rings is 2. The lowest BCUT2D eigenvalue weighted by Crippen LogP contribution is -2.17. The molecule has 0 fully saturated rings. The van der Waals surface area contributed by atoms with Crippen molar-refractivity contribution >= 4 is 33.1 Å². The highest BCUT2D eigenvalue weighted by Gasteiger charge is 2.21. The second-order valence-electron chi connectivity index (χ2n) is 3.83. The van der Waals surface area contributed by atoms with Crippen molar-refractivity contribution in [1.82, 2.24) is 9.97 Å². The van der Waals surface area contributed by atoms with Crippen molar-refractivity contribution in [3.8, 4) is 0 Å². The molecule has 0 aliphatic carbocycles. The van der Waals surface area contributed by atoms with Gasteiger partial charge in [0.15, 0.2) is 10.8 Å². The van der Waals surface area contributed by atoms with Gasteiger partial charge in [0.1, 0.15) is 0 Å². The molecule has 0 amide bonds. The zero-order chi connectivity index (χ0) is 14.6. The lowest BCUT2D eigenvalue weighted by atomic mass is 10.4. The highest BCUT2D eigenvalue weighted by atomic mass is 35.5. The van der Waals surface area contributed by atoms with E-state index in [2.05, 4.69) is 20.0 Å². The summed E-state index contributed by atoms with van der Waals surface area (Å²) in [5.74, 6) is 0.0715. The molecule has 2 aromatic heterocycles. The van der Waals surface area contributed by atoms with Crippen LogP contribution in [0.1, 0.15) is 6.92 Å². The Morgan fingerprint density at radius 2 is 1.90 bits per heavy atom. The molecular formula is C12H13ClN4O2S. The number of nitrogens with zero attached hydrogens (tertiary/aromatic N) is 2. The van der Waals surface area contributed by atoms with Crippen LogP contribution in [-0.2, 0) is 10.0 Å². The maximum absolute atomic E-state index is 12.3. The Labute approximate surface area is 122 Å². The van der Waals surface area contributed by atoms with Crippen LogP contribution in [0.15, 0.2) is 41.7 Å². The first-order chi connectivity index (χ1) is 9.54. The summed E-state index contributed by atoms with van der Waals surface area (Å²) in [4.78, 5) is 7.81. The van der Waals surface area contributed by atoms with Gasteiger partial charge in [0.25, 0.3) is 10.0 Å². The first kappa shape index (κ1) is 14.5. The Hall–Kier alpha value is -1.86. The minimum Gasteiger partial charge on any atom is -0.383 e. The molecule has 0 aromatic carbocycles. The number of aromatic nitrogens is 2. The molecule has 6 nitrogen and oxygen atoms in total. The largest absolute Gasteiger partial charge is 0.383 e. The summed E-state index contributed by atoms with van der Waals surface area (Å²) < 4.78 is 27.0. The highest BCUT2D eigenvalue weighted by Crippen LogP contribution is 2.24. The number of anilines is 2. The Morgan fingerprint density at radius 1 is 1.20 bits per heavy atom. The summed E-state index contributed by atoms with van der Waals surface area (Å²) in [6.45, 7) is 2.45. The maximum Gasteiger partial charge on any atom is 0.282 e. The Balaban J connectivity index is 2.39. The third kappa shape index (κ3) is 3.17. The molecule has 2 rings (SSSR count). The van der Waals surface area contributed by atoms with Crippen LogP contribution in [0.3, 0.4) is 0 Å². The molecular weight excluding hydrogens is 300 g/mol. The Morgan fingerprint density at radius 3 is 2.60 bits per heavy atom. The standard InChI is InChI=1S/C12H13ClN4O2S/c1-2-14-10-6-4-8-16-12(10)20(18,19)17-11-9(13)5-3-7-15-11/h3-8,14H,2H2,1H3,(H,15,17). The number of sulfonamides is 1. The van der Waals surface area contributed by atoms with Gasteiger partial charge in [-0.25, -0.2) is 9.97 Å². The van der Waals surface area contributed by atoms with Gasteiger partial charge in [-0.1, -0.05) is 11.6 Å². The molecule has 0 saturated heterocycles. The first-order valence-electron chi connectivity index (χ1n) is 5.87. The van der Waals surface area contributed by atoms with E-state index in [4.69, 9.17) is 11.6 Å². The van der Waals surface area contributed by atoms with Crippen molar-refractivity contribution in [1.29, 1.82) is 0 Å². The van der Waals surface area contributed by atoms with Gasteiger partial charge < -0.3 is 5.32 Å². The van der Waals surface area contributed by atoms with Crippen LogP contribution in [0.5, 0.6) is 0 Å². The number of halogens is 1. The quantitative estimate of drug-likeness (QED) is 0.885. The van der Waals surface area contributed by atoms with E-state index in [9.17, 15) is 8.42 Å². The monoisotopic (exact) mass is 312 g/mol. The van der Waals surface area contributed by atoms with E-state index in [0.29, 0.717) is 12.2 Å². The van der Waals surface area contributed by atoms with Gasteiger partial charge in [-0.2, -0.15) is 8.42 Å². The van der Waals surface area contributed by atoms with Crippen molar-refractivity contribution in [3.05, 3.63) is 41.7 Å². The fraction of sp³-hybridized carbons (Fsp3) is 0.167. The van der Waals surface area contributed by atoms with Crippen molar-refractivity contribution in [2.24, 2.45) is 0 Å². The van der Waals surface area contributed by atoms with E-state index < -0.39 is 10.0 Å². The molecule has 0 bridgehead atoms. The van der Waals surface area contributed by atoms with Gasteiger partial charge in [0, 0.05) is 18.9 Å². The number of nitrogens with one attached hydrogen (secondary N) is 2.